The third-order valence-electron chi connectivity index (χ3n) is 2.94. The molecule has 2 N–H and O–H groups in total. The lowest BCUT2D eigenvalue weighted by Gasteiger charge is -2.20. The second kappa shape index (κ2) is 5.22. The van der Waals surface area contributed by atoms with Crippen LogP contribution in [0, 0.1) is 0 Å². The van der Waals surface area contributed by atoms with E-state index < -0.39 is 18.1 Å². The highest BCUT2D eigenvalue weighted by Gasteiger charge is 2.28. The molecule has 2 amide bonds. The highest BCUT2D eigenvalue weighted by Crippen LogP contribution is 2.10. The van der Waals surface area contributed by atoms with Crippen LogP contribution in [0.3, 0.4) is 0 Å². The standard InChI is InChI=1S/C12H16N2O4/c1-8(12(17)14-5-4-9(15)7-14)13-11(16)10-3-2-6-18-10/h2-3,6,8-9,15H,4-5,7H2,1H3,(H,13,16). The van der Waals surface area contributed by atoms with E-state index in [2.05, 4.69) is 5.32 Å². The van der Waals surface area contributed by atoms with Crippen LogP contribution in [0.4, 0.5) is 0 Å². The molecule has 0 aliphatic carbocycles. The maximum absolute atomic E-state index is 12.0. The van der Waals surface area contributed by atoms with Crippen molar-refractivity contribution < 1.29 is 19.1 Å². The van der Waals surface area contributed by atoms with E-state index in [1.54, 1.807) is 17.9 Å². The van der Waals surface area contributed by atoms with Gasteiger partial charge in [0.15, 0.2) is 5.76 Å². The first kappa shape index (κ1) is 12.6. The molecule has 1 aromatic rings. The summed E-state index contributed by atoms with van der Waals surface area (Å²) in [6, 6.07) is 2.51. The number of aliphatic hydroxyl groups excluding tert-OH is 1. The molecular formula is C12H16N2O4. The van der Waals surface area contributed by atoms with Gasteiger partial charge >= 0.3 is 0 Å². The van der Waals surface area contributed by atoms with Gasteiger partial charge in [-0.1, -0.05) is 0 Å². The van der Waals surface area contributed by atoms with Crippen LogP contribution in [0.25, 0.3) is 0 Å². The Hall–Kier alpha value is -1.82. The van der Waals surface area contributed by atoms with E-state index in [-0.39, 0.29) is 11.7 Å². The van der Waals surface area contributed by atoms with Gasteiger partial charge in [0.05, 0.1) is 12.4 Å². The molecule has 0 spiro atoms. The number of hydrogen-bond donors (Lipinski definition) is 2. The first-order valence-corrected chi connectivity index (χ1v) is 5.89. The molecule has 0 radical (unpaired) electrons. The van der Waals surface area contributed by atoms with Crippen LogP contribution in [0.5, 0.6) is 0 Å². The molecule has 0 bridgehead atoms. The summed E-state index contributed by atoms with van der Waals surface area (Å²) in [6.07, 6.45) is 1.53. The zero-order valence-electron chi connectivity index (χ0n) is 10.1. The molecule has 0 saturated carbocycles. The molecule has 6 heteroatoms. The fourth-order valence-electron chi connectivity index (χ4n) is 1.95. The van der Waals surface area contributed by atoms with E-state index in [0.29, 0.717) is 19.5 Å². The van der Waals surface area contributed by atoms with Crippen LogP contribution in [0.15, 0.2) is 22.8 Å². The summed E-state index contributed by atoms with van der Waals surface area (Å²) in [7, 11) is 0. The zero-order chi connectivity index (χ0) is 13.1. The van der Waals surface area contributed by atoms with E-state index in [1.807, 2.05) is 0 Å². The molecule has 1 saturated heterocycles. The summed E-state index contributed by atoms with van der Waals surface area (Å²) >= 11 is 0. The summed E-state index contributed by atoms with van der Waals surface area (Å²) in [5, 5.41) is 11.9. The number of carbonyl (C=O) groups excluding carboxylic acids is 2. The summed E-state index contributed by atoms with van der Waals surface area (Å²) in [5.74, 6) is -0.428. The van der Waals surface area contributed by atoms with Crippen molar-refractivity contribution in [2.24, 2.45) is 0 Å². The molecule has 1 aliphatic rings. The molecule has 2 rings (SSSR count). The Balaban J connectivity index is 1.89. The van der Waals surface area contributed by atoms with Gasteiger partial charge in [-0.2, -0.15) is 0 Å². The topological polar surface area (TPSA) is 82.8 Å². The molecule has 2 heterocycles. The minimum atomic E-state index is -0.632. The molecule has 1 aromatic heterocycles. The predicted molar refractivity (Wildman–Crippen MR) is 62.8 cm³/mol. The Morgan fingerprint density at radius 1 is 1.61 bits per heavy atom. The van der Waals surface area contributed by atoms with Crippen molar-refractivity contribution >= 4 is 11.8 Å². The molecule has 18 heavy (non-hydrogen) atoms. The molecule has 98 valence electrons. The van der Waals surface area contributed by atoms with Crippen molar-refractivity contribution in [3.63, 3.8) is 0 Å². The van der Waals surface area contributed by atoms with E-state index in [1.165, 1.54) is 12.3 Å². The molecule has 1 aliphatic heterocycles. The molecular weight excluding hydrogens is 236 g/mol. The molecule has 6 nitrogen and oxygen atoms in total. The number of furan rings is 1. The van der Waals surface area contributed by atoms with Gasteiger partial charge in [0.2, 0.25) is 5.91 Å². The Morgan fingerprint density at radius 3 is 2.94 bits per heavy atom. The molecule has 0 aromatic carbocycles. The van der Waals surface area contributed by atoms with Crippen LogP contribution in [0.2, 0.25) is 0 Å². The van der Waals surface area contributed by atoms with Gasteiger partial charge in [-0.25, -0.2) is 0 Å². The lowest BCUT2D eigenvalue weighted by atomic mass is 10.2. The first-order chi connectivity index (χ1) is 8.58. The minimum Gasteiger partial charge on any atom is -0.459 e. The van der Waals surface area contributed by atoms with Gasteiger partial charge in [0.25, 0.3) is 5.91 Å². The number of likely N-dealkylation sites (tertiary alicyclic amines) is 1. The van der Waals surface area contributed by atoms with Gasteiger partial charge < -0.3 is 19.7 Å². The normalized spacial score (nSPS) is 20.8. The molecule has 1 fully saturated rings. The second-order valence-corrected chi connectivity index (χ2v) is 4.40. The lowest BCUT2D eigenvalue weighted by molar-refractivity contribution is -0.132. The van der Waals surface area contributed by atoms with Crippen molar-refractivity contribution in [2.45, 2.75) is 25.5 Å². The number of hydrogen-bond acceptors (Lipinski definition) is 4. The van der Waals surface area contributed by atoms with E-state index >= 15 is 0 Å². The van der Waals surface area contributed by atoms with Gasteiger partial charge in [0.1, 0.15) is 6.04 Å². The Kier molecular flexibility index (Phi) is 3.66. The van der Waals surface area contributed by atoms with Crippen molar-refractivity contribution in [1.29, 1.82) is 0 Å². The van der Waals surface area contributed by atoms with Gasteiger partial charge in [0, 0.05) is 13.1 Å². The average molecular weight is 252 g/mol. The largest absolute Gasteiger partial charge is 0.459 e. The first-order valence-electron chi connectivity index (χ1n) is 5.89. The van der Waals surface area contributed by atoms with E-state index in [9.17, 15) is 14.7 Å². The number of amides is 2. The van der Waals surface area contributed by atoms with Crippen LogP contribution in [-0.2, 0) is 4.79 Å². The number of carbonyl (C=O) groups is 2. The van der Waals surface area contributed by atoms with Crippen molar-refractivity contribution in [1.82, 2.24) is 10.2 Å². The number of β-amino-alcohol motifs (C(OH)–C–C–N with tert-alkyl or cyclic N) is 1. The van der Waals surface area contributed by atoms with Crippen molar-refractivity contribution in [3.8, 4) is 0 Å². The maximum atomic E-state index is 12.0. The number of aliphatic hydroxyl groups is 1. The van der Waals surface area contributed by atoms with E-state index in [0.717, 1.165) is 0 Å². The maximum Gasteiger partial charge on any atom is 0.287 e. The zero-order valence-corrected chi connectivity index (χ0v) is 10.1. The number of nitrogens with one attached hydrogen (secondary N) is 1. The highest BCUT2D eigenvalue weighted by molar-refractivity contribution is 5.95. The smallest absolute Gasteiger partial charge is 0.287 e. The van der Waals surface area contributed by atoms with Gasteiger partial charge in [-0.3, -0.25) is 9.59 Å². The molecule has 2 unspecified atom stereocenters. The average Bonchev–Trinajstić information content (AvgIpc) is 2.98. The van der Waals surface area contributed by atoms with Gasteiger partial charge in [-0.15, -0.1) is 0 Å². The monoisotopic (exact) mass is 252 g/mol. The van der Waals surface area contributed by atoms with Crippen LogP contribution in [-0.4, -0.2) is 47.1 Å². The fourth-order valence-corrected chi connectivity index (χ4v) is 1.95. The Bertz CT molecular complexity index is 429. The highest BCUT2D eigenvalue weighted by atomic mass is 16.3. The third-order valence-corrected chi connectivity index (χ3v) is 2.94. The van der Waals surface area contributed by atoms with Gasteiger partial charge in [-0.05, 0) is 25.5 Å². The van der Waals surface area contributed by atoms with Crippen LogP contribution >= 0.6 is 0 Å². The SMILES string of the molecule is CC(NC(=O)c1ccco1)C(=O)N1CCC(O)C1. The quantitative estimate of drug-likeness (QED) is 0.792. The lowest BCUT2D eigenvalue weighted by Crippen LogP contribution is -2.46. The summed E-state index contributed by atoms with van der Waals surface area (Å²) in [6.45, 7) is 2.48. The molecule has 2 atom stereocenters. The Labute approximate surface area is 105 Å². The van der Waals surface area contributed by atoms with Crippen molar-refractivity contribution in [2.75, 3.05) is 13.1 Å². The minimum absolute atomic E-state index is 0.177. The number of nitrogens with zero attached hydrogens (tertiary/aromatic N) is 1. The Morgan fingerprint density at radius 2 is 2.39 bits per heavy atom. The predicted octanol–water partition coefficient (Wildman–Crippen LogP) is -0.00890. The van der Waals surface area contributed by atoms with Crippen LogP contribution < -0.4 is 5.32 Å². The van der Waals surface area contributed by atoms with Crippen molar-refractivity contribution in [3.05, 3.63) is 24.2 Å². The third kappa shape index (κ3) is 2.70. The van der Waals surface area contributed by atoms with Crippen LogP contribution in [0.1, 0.15) is 23.9 Å². The second-order valence-electron chi connectivity index (χ2n) is 4.40. The summed E-state index contributed by atoms with van der Waals surface area (Å²) in [4.78, 5) is 25.2. The fraction of sp³-hybridized carbons (Fsp3) is 0.500. The van der Waals surface area contributed by atoms with E-state index in [4.69, 9.17) is 4.42 Å². The summed E-state index contributed by atoms with van der Waals surface area (Å²) < 4.78 is 4.94. The number of rotatable bonds is 3. The summed E-state index contributed by atoms with van der Waals surface area (Å²) in [5.41, 5.74) is 0.